The number of phosphoric acid groups is 1. The third-order valence-electron chi connectivity index (χ3n) is 13.2. The number of nitrogens with zero attached hydrogens (tertiary/aromatic N) is 1. The minimum absolute atomic E-state index is 0.0418. The SMILES string of the molecule is CC/C=C\C/C=C\C/C=C\C/C=C\C/C=C\C/C=C\C/C=C\C/C=C\C/C=C\C/C=C\CCCCCCCCC(=O)NC(COP(=O)(O)OCC[N+](C)(C)C)C(O)/C=C/CC/C=C/CC/C=C/CCCCCCCCCCCCC. The molecule has 0 saturated carbocycles. The summed E-state index contributed by atoms with van der Waals surface area (Å²) in [7, 11) is 1.51. The molecule has 1 amide bonds. The van der Waals surface area contributed by atoms with Crippen LogP contribution >= 0.6 is 7.82 Å². The summed E-state index contributed by atoms with van der Waals surface area (Å²) in [5.41, 5.74) is 0. The van der Waals surface area contributed by atoms with Gasteiger partial charge in [-0.15, -0.1) is 0 Å². The van der Waals surface area contributed by atoms with Crippen LogP contribution in [0.3, 0.4) is 0 Å². The molecular formula is C71H120N2O6P+. The summed E-state index contributed by atoms with van der Waals surface area (Å²) in [5.74, 6) is -0.212. The second-order valence-corrected chi connectivity index (χ2v) is 23.5. The van der Waals surface area contributed by atoms with Crippen LogP contribution in [0.5, 0.6) is 0 Å². The largest absolute Gasteiger partial charge is 0.472 e. The van der Waals surface area contributed by atoms with Gasteiger partial charge in [0.2, 0.25) is 5.91 Å². The Kier molecular flexibility index (Phi) is 56.8. The summed E-state index contributed by atoms with van der Waals surface area (Å²) in [6.07, 6.45) is 93.6. The number of aliphatic hydroxyl groups is 1. The van der Waals surface area contributed by atoms with Gasteiger partial charge in [-0.25, -0.2) is 4.57 Å². The number of likely N-dealkylation sites (N-methyl/N-ethyl adjacent to an activating group) is 1. The van der Waals surface area contributed by atoms with Gasteiger partial charge < -0.3 is 19.8 Å². The maximum Gasteiger partial charge on any atom is 0.472 e. The third-order valence-corrected chi connectivity index (χ3v) is 14.2. The number of allylic oxidation sites excluding steroid dienone is 25. The fraction of sp³-hybridized carbons (Fsp3) is 0.620. The van der Waals surface area contributed by atoms with Gasteiger partial charge in [0, 0.05) is 6.42 Å². The van der Waals surface area contributed by atoms with Crippen molar-refractivity contribution in [3.05, 3.63) is 158 Å². The molecule has 9 heteroatoms. The highest BCUT2D eigenvalue weighted by Crippen LogP contribution is 2.43. The number of nitrogens with one attached hydrogen (secondary N) is 1. The highest BCUT2D eigenvalue weighted by Gasteiger charge is 2.27. The number of phosphoric ester groups is 1. The van der Waals surface area contributed by atoms with Crippen molar-refractivity contribution in [3.8, 4) is 0 Å². The lowest BCUT2D eigenvalue weighted by Gasteiger charge is -2.25. The van der Waals surface area contributed by atoms with Crippen LogP contribution in [-0.4, -0.2) is 73.4 Å². The molecule has 0 heterocycles. The van der Waals surface area contributed by atoms with Crippen LogP contribution in [0.1, 0.15) is 232 Å². The Morgan fingerprint density at radius 3 is 1.15 bits per heavy atom. The van der Waals surface area contributed by atoms with Crippen molar-refractivity contribution in [2.45, 2.75) is 244 Å². The van der Waals surface area contributed by atoms with Gasteiger partial charge in [0.05, 0.1) is 39.9 Å². The Hall–Kier alpha value is -3.88. The highest BCUT2D eigenvalue weighted by atomic mass is 31.2. The lowest BCUT2D eigenvalue weighted by atomic mass is 10.1. The van der Waals surface area contributed by atoms with Crippen molar-refractivity contribution < 1.29 is 32.9 Å². The average Bonchev–Trinajstić information content (AvgIpc) is 3.42. The monoisotopic (exact) mass is 1130 g/mol. The Balaban J connectivity index is 4.28. The minimum Gasteiger partial charge on any atom is -0.387 e. The topological polar surface area (TPSA) is 105 Å². The Bertz CT molecular complexity index is 1860. The van der Waals surface area contributed by atoms with Crippen LogP contribution in [0, 0.1) is 0 Å². The predicted molar refractivity (Wildman–Crippen MR) is 350 cm³/mol. The van der Waals surface area contributed by atoms with E-state index >= 15 is 0 Å². The zero-order valence-corrected chi connectivity index (χ0v) is 52.6. The lowest BCUT2D eigenvalue weighted by molar-refractivity contribution is -0.870. The van der Waals surface area contributed by atoms with Gasteiger partial charge in [0.15, 0.2) is 0 Å². The van der Waals surface area contributed by atoms with Gasteiger partial charge in [-0.2, -0.15) is 0 Å². The summed E-state index contributed by atoms with van der Waals surface area (Å²) in [6, 6.07) is -0.891. The number of carbonyl (C=O) groups excluding carboxylic acids is 1. The smallest absolute Gasteiger partial charge is 0.387 e. The molecule has 0 spiro atoms. The van der Waals surface area contributed by atoms with Gasteiger partial charge in [-0.3, -0.25) is 13.8 Å². The molecule has 0 aliphatic rings. The Morgan fingerprint density at radius 1 is 0.438 bits per heavy atom. The lowest BCUT2D eigenvalue weighted by Crippen LogP contribution is -2.45. The predicted octanol–water partition coefficient (Wildman–Crippen LogP) is 20.2. The number of quaternary nitrogens is 1. The van der Waals surface area contributed by atoms with E-state index < -0.39 is 20.0 Å². The standard InChI is InChI=1S/C71H119N2O6P/c1-6-8-10-12-14-16-18-20-22-24-26-28-29-30-31-32-33-34-35-36-37-38-39-40-41-42-43-45-47-49-51-53-55-57-59-61-63-65-71(75)72-69(68-79-80(76,77)78-67-66-73(3,4)5)70(74)64-62-60-58-56-54-52-50-48-46-44-27-25-23-21-19-17-15-13-11-9-7-2/h8,10,14,16,20,22,26,28,30-31,33-34,36-37,39-40,42-43,46-49,54,56,62,64,69-70,74H,6-7,9,11-13,15,17-19,21,23-25,27,29,32,35,38,41,44-45,50-53,55,57-61,63,65-68H2,1-5H3,(H-,72,75,76,77)/p+1/b10-8-,16-14-,22-20-,28-26-,31-30-,34-33-,37-36-,40-39-,43-42-,48-46+,49-47-,56-54+,64-62+. The van der Waals surface area contributed by atoms with Gasteiger partial charge in [-0.05, 0) is 122 Å². The Morgan fingerprint density at radius 2 is 0.762 bits per heavy atom. The molecule has 3 N–H and O–H groups in total. The molecule has 3 unspecified atom stereocenters. The van der Waals surface area contributed by atoms with Gasteiger partial charge >= 0.3 is 7.82 Å². The van der Waals surface area contributed by atoms with Gasteiger partial charge in [0.1, 0.15) is 13.2 Å². The van der Waals surface area contributed by atoms with E-state index in [9.17, 15) is 19.4 Å². The van der Waals surface area contributed by atoms with Crippen LogP contribution in [0.2, 0.25) is 0 Å². The van der Waals surface area contributed by atoms with E-state index in [4.69, 9.17) is 9.05 Å². The van der Waals surface area contributed by atoms with Gasteiger partial charge in [0.25, 0.3) is 0 Å². The maximum absolute atomic E-state index is 13.0. The van der Waals surface area contributed by atoms with Crippen LogP contribution in [0.15, 0.2) is 158 Å². The van der Waals surface area contributed by atoms with Crippen molar-refractivity contribution in [1.82, 2.24) is 5.32 Å². The fourth-order valence-corrected chi connectivity index (χ4v) is 9.01. The van der Waals surface area contributed by atoms with Crippen molar-refractivity contribution in [2.75, 3.05) is 40.9 Å². The van der Waals surface area contributed by atoms with Crippen LogP contribution in [0.25, 0.3) is 0 Å². The molecule has 0 radical (unpaired) electrons. The van der Waals surface area contributed by atoms with Gasteiger partial charge in [-0.1, -0.05) is 262 Å². The van der Waals surface area contributed by atoms with E-state index in [1.165, 1.54) is 77.0 Å². The molecule has 0 aromatic heterocycles. The van der Waals surface area contributed by atoms with Crippen LogP contribution < -0.4 is 5.32 Å². The molecule has 0 fully saturated rings. The molecule has 80 heavy (non-hydrogen) atoms. The second-order valence-electron chi connectivity index (χ2n) is 22.0. The van der Waals surface area contributed by atoms with E-state index in [0.29, 0.717) is 17.4 Å². The van der Waals surface area contributed by atoms with E-state index in [0.717, 1.165) is 135 Å². The molecule has 0 saturated heterocycles. The Labute approximate surface area is 492 Å². The number of hydrogen-bond acceptors (Lipinski definition) is 5. The molecule has 0 aliphatic heterocycles. The molecule has 8 nitrogen and oxygen atoms in total. The molecule has 0 aromatic carbocycles. The number of carbonyl (C=O) groups is 1. The van der Waals surface area contributed by atoms with Crippen molar-refractivity contribution >= 4 is 13.7 Å². The molecule has 0 aromatic rings. The first-order valence-corrected chi connectivity index (χ1v) is 33.4. The summed E-state index contributed by atoms with van der Waals surface area (Å²) in [4.78, 5) is 23.3. The third kappa shape index (κ3) is 61.7. The summed E-state index contributed by atoms with van der Waals surface area (Å²) >= 11 is 0. The summed E-state index contributed by atoms with van der Waals surface area (Å²) in [5, 5.41) is 13.9. The van der Waals surface area contributed by atoms with E-state index in [1.807, 2.05) is 27.2 Å². The average molecular weight is 1130 g/mol. The highest BCUT2D eigenvalue weighted by molar-refractivity contribution is 7.47. The second kappa shape index (κ2) is 59.7. The van der Waals surface area contributed by atoms with Crippen molar-refractivity contribution in [3.63, 3.8) is 0 Å². The first-order chi connectivity index (χ1) is 39.0. The molecule has 0 rings (SSSR count). The van der Waals surface area contributed by atoms with Crippen molar-refractivity contribution in [1.29, 1.82) is 0 Å². The quantitative estimate of drug-likeness (QED) is 0.0243. The number of unbranched alkanes of at least 4 members (excludes halogenated alkanes) is 19. The van der Waals surface area contributed by atoms with E-state index in [-0.39, 0.29) is 19.1 Å². The molecular weight excluding hydrogens is 1010 g/mol. The molecule has 0 bridgehead atoms. The molecule has 3 atom stereocenters. The molecule has 454 valence electrons. The van der Waals surface area contributed by atoms with E-state index in [1.54, 1.807) is 6.08 Å². The number of rotatable bonds is 56. The minimum atomic E-state index is -4.38. The zero-order valence-electron chi connectivity index (χ0n) is 51.8. The maximum atomic E-state index is 13.0. The van der Waals surface area contributed by atoms with Crippen molar-refractivity contribution in [2.24, 2.45) is 0 Å². The van der Waals surface area contributed by atoms with E-state index in [2.05, 4.69) is 165 Å². The van der Waals surface area contributed by atoms with Crippen LogP contribution in [-0.2, 0) is 18.4 Å². The first-order valence-electron chi connectivity index (χ1n) is 31.9. The zero-order chi connectivity index (χ0) is 58.4. The van der Waals surface area contributed by atoms with Crippen LogP contribution in [0.4, 0.5) is 0 Å². The fourth-order valence-electron chi connectivity index (χ4n) is 8.28. The molecule has 0 aliphatic carbocycles. The first kappa shape index (κ1) is 76.1. The summed E-state index contributed by atoms with van der Waals surface area (Å²) < 4.78 is 23.7. The normalized spacial score (nSPS) is 14.8. The number of aliphatic hydroxyl groups excluding tert-OH is 1. The number of hydrogen-bond donors (Lipinski definition) is 3. The summed E-state index contributed by atoms with van der Waals surface area (Å²) in [6.45, 7) is 4.65. The number of amides is 1.